The fraction of sp³-hybridized carbons (Fsp3) is 0.545. The van der Waals surface area contributed by atoms with Crippen LogP contribution in [0.25, 0.3) is 10.2 Å². The Morgan fingerprint density at radius 2 is 1.91 bits per heavy atom. The van der Waals surface area contributed by atoms with Gasteiger partial charge < -0.3 is 14.5 Å². The highest BCUT2D eigenvalue weighted by Crippen LogP contribution is 2.41. The summed E-state index contributed by atoms with van der Waals surface area (Å²) in [5.74, 6) is 1.90. The molecule has 1 N–H and O–H groups in total. The number of thiophene rings is 2. The summed E-state index contributed by atoms with van der Waals surface area (Å²) in [6, 6.07) is 3.48. The van der Waals surface area contributed by atoms with Crippen LogP contribution in [0.1, 0.15) is 22.7 Å². The number of morpholine rings is 1. The van der Waals surface area contributed by atoms with E-state index in [9.17, 15) is 8.42 Å². The molecule has 0 unspecified atom stereocenters. The molecular weight excluding hydrogens is 478 g/mol. The summed E-state index contributed by atoms with van der Waals surface area (Å²) in [4.78, 5) is 16.4. The van der Waals surface area contributed by atoms with Crippen molar-refractivity contribution in [1.82, 2.24) is 14.3 Å². The summed E-state index contributed by atoms with van der Waals surface area (Å²) in [7, 11) is -3.41. The van der Waals surface area contributed by atoms with Gasteiger partial charge in [0.05, 0.1) is 18.6 Å². The van der Waals surface area contributed by atoms with Gasteiger partial charge in [-0.25, -0.2) is 18.4 Å². The molecule has 2 fully saturated rings. The van der Waals surface area contributed by atoms with Crippen LogP contribution in [0.15, 0.2) is 21.7 Å². The summed E-state index contributed by atoms with van der Waals surface area (Å²) in [6.45, 7) is 6.59. The molecule has 0 saturated carbocycles. The third-order valence-electron chi connectivity index (χ3n) is 6.83. The van der Waals surface area contributed by atoms with Gasteiger partial charge in [-0.15, -0.1) is 22.7 Å². The van der Waals surface area contributed by atoms with Gasteiger partial charge in [-0.1, -0.05) is 6.07 Å². The molecule has 0 radical (unpaired) electrons. The number of aromatic nitrogens is 2. The van der Waals surface area contributed by atoms with E-state index in [0.29, 0.717) is 30.4 Å². The quantitative estimate of drug-likeness (QED) is 0.560. The van der Waals surface area contributed by atoms with Gasteiger partial charge in [0.1, 0.15) is 34.5 Å². The molecule has 0 atom stereocenters. The first-order chi connectivity index (χ1) is 16.1. The van der Waals surface area contributed by atoms with Crippen molar-refractivity contribution >= 4 is 48.7 Å². The zero-order valence-corrected chi connectivity index (χ0v) is 20.9. The first-order valence-corrected chi connectivity index (χ1v) is 14.7. The Kier molecular flexibility index (Phi) is 5.87. The number of nitrogens with one attached hydrogen (secondary N) is 1. The van der Waals surface area contributed by atoms with E-state index in [4.69, 9.17) is 14.7 Å². The molecule has 0 spiro atoms. The molecule has 6 rings (SSSR count). The molecule has 0 amide bonds. The van der Waals surface area contributed by atoms with E-state index in [2.05, 4.69) is 4.90 Å². The Hall–Kier alpha value is -1.63. The molecule has 3 aliphatic rings. The molecule has 2 aliphatic heterocycles. The maximum atomic E-state index is 13.0. The van der Waals surface area contributed by atoms with Gasteiger partial charge in [0, 0.05) is 31.1 Å². The van der Waals surface area contributed by atoms with Gasteiger partial charge in [-0.05, 0) is 36.3 Å². The zero-order valence-electron chi connectivity index (χ0n) is 18.5. The van der Waals surface area contributed by atoms with Crippen LogP contribution in [0.3, 0.4) is 0 Å². The lowest BCUT2D eigenvalue weighted by molar-refractivity contribution is -0.922. The number of aryl methyl sites for hydroxylation is 2. The second kappa shape index (κ2) is 8.86. The highest BCUT2D eigenvalue weighted by atomic mass is 32.2. The molecule has 0 bridgehead atoms. The summed E-state index contributed by atoms with van der Waals surface area (Å²) < 4.78 is 33.5. The van der Waals surface area contributed by atoms with Crippen LogP contribution >= 0.6 is 22.7 Å². The Bertz CT molecular complexity index is 1240. The fourth-order valence-electron chi connectivity index (χ4n) is 5.07. The molecule has 1 aliphatic carbocycles. The third-order valence-corrected chi connectivity index (χ3v) is 11.3. The number of hydrogen-bond donors (Lipinski definition) is 1. The smallest absolute Gasteiger partial charge is 0.252 e. The second-order valence-electron chi connectivity index (χ2n) is 8.86. The average Bonchev–Trinajstić information content (AvgIpc) is 3.57. The van der Waals surface area contributed by atoms with Crippen LogP contribution in [-0.4, -0.2) is 75.2 Å². The number of nitrogens with zero attached hydrogens (tertiary/aromatic N) is 4. The van der Waals surface area contributed by atoms with Gasteiger partial charge in [0.25, 0.3) is 10.0 Å². The molecule has 11 heteroatoms. The van der Waals surface area contributed by atoms with Crippen LogP contribution in [0.5, 0.6) is 0 Å². The van der Waals surface area contributed by atoms with Crippen LogP contribution in [0.2, 0.25) is 0 Å². The Morgan fingerprint density at radius 3 is 2.67 bits per heavy atom. The van der Waals surface area contributed by atoms with Gasteiger partial charge in [0.15, 0.2) is 5.82 Å². The van der Waals surface area contributed by atoms with Crippen molar-refractivity contribution in [2.24, 2.45) is 0 Å². The van der Waals surface area contributed by atoms with Crippen molar-refractivity contribution in [3.8, 4) is 0 Å². The maximum absolute atomic E-state index is 13.0. The van der Waals surface area contributed by atoms with Crippen molar-refractivity contribution in [1.29, 1.82) is 0 Å². The number of sulfonamides is 1. The number of fused-ring (bicyclic) bond motifs is 3. The molecule has 2 saturated heterocycles. The van der Waals surface area contributed by atoms with Crippen molar-refractivity contribution in [3.63, 3.8) is 0 Å². The molecule has 176 valence electrons. The second-order valence-corrected chi connectivity index (χ2v) is 13.1. The van der Waals surface area contributed by atoms with Gasteiger partial charge in [-0.3, -0.25) is 0 Å². The molecule has 33 heavy (non-hydrogen) atoms. The van der Waals surface area contributed by atoms with E-state index in [1.165, 1.54) is 38.5 Å². The van der Waals surface area contributed by atoms with E-state index >= 15 is 0 Å². The summed E-state index contributed by atoms with van der Waals surface area (Å²) in [5, 5.41) is 3.03. The number of piperazine rings is 1. The minimum Gasteiger partial charge on any atom is -0.370 e. The molecule has 3 aromatic heterocycles. The Labute approximate surface area is 201 Å². The first-order valence-electron chi connectivity index (χ1n) is 11.6. The van der Waals surface area contributed by atoms with E-state index < -0.39 is 10.0 Å². The van der Waals surface area contributed by atoms with Crippen LogP contribution in [-0.2, 0) is 34.1 Å². The number of rotatable bonds is 5. The molecular formula is C22H28N5O3S3+. The van der Waals surface area contributed by atoms with Crippen LogP contribution in [0.4, 0.5) is 5.82 Å². The zero-order chi connectivity index (χ0) is 22.4. The Balaban J connectivity index is 1.29. The highest BCUT2D eigenvalue weighted by molar-refractivity contribution is 7.91. The molecule has 8 nitrogen and oxygen atoms in total. The van der Waals surface area contributed by atoms with Crippen molar-refractivity contribution in [3.05, 3.63) is 33.8 Å². The van der Waals surface area contributed by atoms with E-state index in [1.54, 1.807) is 16.4 Å². The number of ether oxygens (including phenoxy) is 1. The molecule has 3 aromatic rings. The highest BCUT2D eigenvalue weighted by Gasteiger charge is 2.32. The van der Waals surface area contributed by atoms with E-state index in [-0.39, 0.29) is 0 Å². The van der Waals surface area contributed by atoms with Crippen molar-refractivity contribution in [2.45, 2.75) is 30.0 Å². The number of hydrogen-bond acceptors (Lipinski definition) is 8. The van der Waals surface area contributed by atoms with Gasteiger partial charge in [-0.2, -0.15) is 4.31 Å². The summed E-state index contributed by atoms with van der Waals surface area (Å²) >= 11 is 3.11. The monoisotopic (exact) mass is 506 g/mol. The van der Waals surface area contributed by atoms with Gasteiger partial charge in [0.2, 0.25) is 0 Å². The number of quaternary nitrogens is 1. The lowest BCUT2D eigenvalue weighted by Crippen LogP contribution is -3.12. The molecule has 5 heterocycles. The summed E-state index contributed by atoms with van der Waals surface area (Å²) in [6.07, 6.45) is 3.42. The largest absolute Gasteiger partial charge is 0.370 e. The first kappa shape index (κ1) is 21.9. The Morgan fingerprint density at radius 1 is 1.09 bits per heavy atom. The van der Waals surface area contributed by atoms with Crippen LogP contribution in [0, 0.1) is 0 Å². The van der Waals surface area contributed by atoms with E-state index in [0.717, 1.165) is 62.2 Å². The van der Waals surface area contributed by atoms with Crippen molar-refractivity contribution in [2.75, 3.05) is 57.4 Å². The topological polar surface area (TPSA) is 80.1 Å². The van der Waals surface area contributed by atoms with Gasteiger partial charge >= 0.3 is 0 Å². The predicted molar refractivity (Wildman–Crippen MR) is 130 cm³/mol. The number of anilines is 1. The van der Waals surface area contributed by atoms with Crippen LogP contribution < -0.4 is 9.80 Å². The normalized spacial score (nSPS) is 20.5. The fourth-order valence-corrected chi connectivity index (χ4v) is 8.91. The minimum absolute atomic E-state index is 0.423. The maximum Gasteiger partial charge on any atom is 0.252 e. The molecule has 0 aromatic carbocycles. The van der Waals surface area contributed by atoms with E-state index in [1.807, 2.05) is 16.7 Å². The SMILES string of the molecule is O=S(=O)(c1cccs1)N1CCN(c2nc(C[NH+]3CCOCC3)nc3sc4c(c23)CCC4)CC1. The predicted octanol–water partition coefficient (Wildman–Crippen LogP) is 1.17. The lowest BCUT2D eigenvalue weighted by Gasteiger charge is -2.35. The standard InChI is InChI=1S/C22H27N5O3S3/c28-33(29,19-5-2-14-31-19)27-8-6-26(7-9-27)21-20-16-3-1-4-17(16)32-22(20)24-18(23-21)15-25-10-12-30-13-11-25/h2,5,14H,1,3-4,6-13,15H2/p+1. The lowest BCUT2D eigenvalue weighted by atomic mass is 10.1. The average molecular weight is 507 g/mol. The van der Waals surface area contributed by atoms with Crippen molar-refractivity contribution < 1.29 is 18.1 Å². The summed E-state index contributed by atoms with van der Waals surface area (Å²) in [5.41, 5.74) is 1.42. The minimum atomic E-state index is -3.41. The third kappa shape index (κ3) is 4.08.